The third-order valence-corrected chi connectivity index (χ3v) is 1.82. The number of nitrogens with zero attached hydrogens (tertiary/aromatic N) is 1. The first-order valence-corrected chi connectivity index (χ1v) is 5.70. The molecular formula is C13H23NO3. The normalized spacial score (nSPS) is 13.5. The van der Waals surface area contributed by atoms with Crippen molar-refractivity contribution in [2.75, 3.05) is 13.1 Å². The van der Waals surface area contributed by atoms with E-state index in [-0.39, 0.29) is 6.54 Å². The first-order valence-electron chi connectivity index (χ1n) is 5.70. The minimum atomic E-state index is -0.688. The highest BCUT2D eigenvalue weighted by Crippen LogP contribution is 2.10. The number of hydrogen-bond acceptors (Lipinski definition) is 3. The highest BCUT2D eigenvalue weighted by molar-refractivity contribution is 5.68. The van der Waals surface area contributed by atoms with E-state index in [1.807, 2.05) is 6.92 Å². The maximum Gasteiger partial charge on any atom is 0.410 e. The molecule has 17 heavy (non-hydrogen) atoms. The van der Waals surface area contributed by atoms with Gasteiger partial charge in [-0.1, -0.05) is 18.2 Å². The summed E-state index contributed by atoms with van der Waals surface area (Å²) in [5, 5.41) is 9.62. The van der Waals surface area contributed by atoms with Crippen LogP contribution in [0.25, 0.3) is 0 Å². The first-order chi connectivity index (χ1) is 7.80. The maximum atomic E-state index is 11.8. The van der Waals surface area contributed by atoms with E-state index in [1.165, 1.54) is 4.90 Å². The van der Waals surface area contributed by atoms with Crippen LogP contribution >= 0.6 is 0 Å². The number of aliphatic hydroxyl groups is 1. The lowest BCUT2D eigenvalue weighted by Crippen LogP contribution is -2.40. The molecule has 1 N–H and O–H groups in total. The highest BCUT2D eigenvalue weighted by atomic mass is 16.6. The van der Waals surface area contributed by atoms with Crippen LogP contribution < -0.4 is 0 Å². The van der Waals surface area contributed by atoms with Crippen molar-refractivity contribution < 1.29 is 14.6 Å². The second kappa shape index (κ2) is 7.12. The number of carbonyl (C=O) groups excluding carboxylic acids is 1. The average molecular weight is 241 g/mol. The second-order valence-corrected chi connectivity index (χ2v) is 4.77. The molecule has 4 heteroatoms. The molecule has 0 aromatic carbocycles. The lowest BCUT2D eigenvalue weighted by atomic mass is 10.2. The van der Waals surface area contributed by atoms with E-state index in [1.54, 1.807) is 39.0 Å². The molecule has 0 aromatic heterocycles. The van der Waals surface area contributed by atoms with E-state index in [2.05, 4.69) is 6.58 Å². The summed E-state index contributed by atoms with van der Waals surface area (Å²) in [6.07, 6.45) is 3.84. The summed E-state index contributed by atoms with van der Waals surface area (Å²) in [5.74, 6) is 0. The predicted molar refractivity (Wildman–Crippen MR) is 68.8 cm³/mol. The molecule has 0 aromatic rings. The van der Waals surface area contributed by atoms with Gasteiger partial charge in [0.25, 0.3) is 0 Å². The van der Waals surface area contributed by atoms with Gasteiger partial charge in [-0.05, 0) is 27.7 Å². The molecule has 0 heterocycles. The van der Waals surface area contributed by atoms with E-state index < -0.39 is 17.8 Å². The van der Waals surface area contributed by atoms with E-state index in [9.17, 15) is 9.90 Å². The van der Waals surface area contributed by atoms with Crippen LogP contribution in [-0.2, 0) is 4.74 Å². The molecular weight excluding hydrogens is 218 g/mol. The van der Waals surface area contributed by atoms with Crippen molar-refractivity contribution in [3.63, 3.8) is 0 Å². The Morgan fingerprint density at radius 3 is 2.53 bits per heavy atom. The molecule has 0 aliphatic heterocycles. The van der Waals surface area contributed by atoms with Crippen LogP contribution in [0.2, 0.25) is 0 Å². The van der Waals surface area contributed by atoms with E-state index in [0.29, 0.717) is 6.54 Å². The van der Waals surface area contributed by atoms with E-state index in [0.717, 1.165) is 0 Å². The van der Waals surface area contributed by atoms with Crippen LogP contribution in [0.4, 0.5) is 4.79 Å². The number of carbonyl (C=O) groups is 1. The molecule has 0 saturated heterocycles. The van der Waals surface area contributed by atoms with Crippen LogP contribution in [0.1, 0.15) is 27.7 Å². The van der Waals surface area contributed by atoms with Crippen molar-refractivity contribution in [3.8, 4) is 0 Å². The van der Waals surface area contributed by atoms with E-state index in [4.69, 9.17) is 4.74 Å². The van der Waals surface area contributed by atoms with Gasteiger partial charge < -0.3 is 14.7 Å². The zero-order valence-corrected chi connectivity index (χ0v) is 11.1. The van der Waals surface area contributed by atoms with Crippen LogP contribution in [-0.4, -0.2) is 40.9 Å². The van der Waals surface area contributed by atoms with Gasteiger partial charge >= 0.3 is 6.09 Å². The van der Waals surface area contributed by atoms with Gasteiger partial charge in [0, 0.05) is 6.54 Å². The van der Waals surface area contributed by atoms with Crippen LogP contribution in [0.15, 0.2) is 24.8 Å². The molecule has 0 saturated carbocycles. The van der Waals surface area contributed by atoms with Gasteiger partial charge in [0.2, 0.25) is 0 Å². The van der Waals surface area contributed by atoms with Crippen LogP contribution in [0, 0.1) is 0 Å². The summed E-state index contributed by atoms with van der Waals surface area (Å²) in [7, 11) is 0. The Balaban J connectivity index is 4.50. The molecule has 1 atom stereocenters. The van der Waals surface area contributed by atoms with Crippen molar-refractivity contribution in [1.82, 2.24) is 4.90 Å². The number of hydrogen-bond donors (Lipinski definition) is 1. The maximum absolute atomic E-state index is 11.8. The van der Waals surface area contributed by atoms with Crippen LogP contribution in [0.5, 0.6) is 0 Å². The molecule has 0 fully saturated rings. The van der Waals surface area contributed by atoms with Gasteiger partial charge in [0.1, 0.15) is 5.60 Å². The Labute approximate surface area is 104 Å². The quantitative estimate of drug-likeness (QED) is 0.752. The largest absolute Gasteiger partial charge is 0.444 e. The summed E-state index contributed by atoms with van der Waals surface area (Å²) in [4.78, 5) is 13.2. The monoisotopic (exact) mass is 241 g/mol. The molecule has 4 nitrogen and oxygen atoms in total. The number of ether oxygens (including phenoxy) is 1. The van der Waals surface area contributed by atoms with Crippen molar-refractivity contribution in [1.29, 1.82) is 0 Å². The topological polar surface area (TPSA) is 49.8 Å². The summed E-state index contributed by atoms with van der Waals surface area (Å²) in [6.45, 7) is 11.4. The summed E-state index contributed by atoms with van der Waals surface area (Å²) in [5.41, 5.74) is -0.540. The van der Waals surface area contributed by atoms with Gasteiger partial charge in [-0.15, -0.1) is 6.58 Å². The molecule has 0 spiro atoms. The molecule has 0 unspecified atom stereocenters. The summed E-state index contributed by atoms with van der Waals surface area (Å²) in [6, 6.07) is 0. The Bertz CT molecular complexity index is 279. The molecule has 0 aliphatic rings. The zero-order valence-electron chi connectivity index (χ0n) is 11.1. The third kappa shape index (κ3) is 7.58. The lowest BCUT2D eigenvalue weighted by molar-refractivity contribution is 0.0207. The Kier molecular flexibility index (Phi) is 6.58. The molecule has 0 aliphatic carbocycles. The molecule has 1 amide bonds. The van der Waals surface area contributed by atoms with Crippen molar-refractivity contribution in [3.05, 3.63) is 24.8 Å². The minimum Gasteiger partial charge on any atom is -0.444 e. The SMILES string of the molecule is C=CCN(C[C@@H](O)/C=C\C)C(=O)OC(C)(C)C. The summed E-state index contributed by atoms with van der Waals surface area (Å²) < 4.78 is 5.24. The van der Waals surface area contributed by atoms with Gasteiger partial charge in [-0.25, -0.2) is 4.79 Å². The van der Waals surface area contributed by atoms with Gasteiger partial charge in [-0.3, -0.25) is 0 Å². The van der Waals surface area contributed by atoms with Crippen LogP contribution in [0.3, 0.4) is 0 Å². The van der Waals surface area contributed by atoms with Gasteiger partial charge in [0.15, 0.2) is 0 Å². The van der Waals surface area contributed by atoms with Crippen molar-refractivity contribution in [2.45, 2.75) is 39.4 Å². The molecule has 0 radical (unpaired) electrons. The van der Waals surface area contributed by atoms with Crippen molar-refractivity contribution >= 4 is 6.09 Å². The second-order valence-electron chi connectivity index (χ2n) is 4.77. The smallest absolute Gasteiger partial charge is 0.410 e. The van der Waals surface area contributed by atoms with Gasteiger partial charge in [-0.2, -0.15) is 0 Å². The number of allylic oxidation sites excluding steroid dienone is 1. The number of amides is 1. The molecule has 0 rings (SSSR count). The number of aliphatic hydroxyl groups excluding tert-OH is 1. The first kappa shape index (κ1) is 15.7. The fraction of sp³-hybridized carbons (Fsp3) is 0.615. The average Bonchev–Trinajstić information content (AvgIpc) is 2.14. The molecule has 0 bridgehead atoms. The Morgan fingerprint density at radius 1 is 1.53 bits per heavy atom. The number of rotatable bonds is 5. The predicted octanol–water partition coefficient (Wildman–Crippen LogP) is 2.35. The Morgan fingerprint density at radius 2 is 2.12 bits per heavy atom. The van der Waals surface area contributed by atoms with E-state index >= 15 is 0 Å². The third-order valence-electron chi connectivity index (χ3n) is 1.82. The summed E-state index contributed by atoms with van der Waals surface area (Å²) >= 11 is 0. The standard InChI is InChI=1S/C13H23NO3/c1-6-8-11(15)10-14(9-7-2)12(16)17-13(3,4)5/h6-8,11,15H,2,9-10H2,1,3-5H3/b8-6-/t11-/m0/s1. The fourth-order valence-electron chi connectivity index (χ4n) is 1.21. The van der Waals surface area contributed by atoms with Crippen molar-refractivity contribution in [2.24, 2.45) is 0 Å². The fourth-order valence-corrected chi connectivity index (χ4v) is 1.21. The Hall–Kier alpha value is -1.29. The zero-order chi connectivity index (χ0) is 13.5. The van der Waals surface area contributed by atoms with Gasteiger partial charge in [0.05, 0.1) is 12.6 Å². The minimum absolute atomic E-state index is 0.200. The lowest BCUT2D eigenvalue weighted by Gasteiger charge is -2.27. The highest BCUT2D eigenvalue weighted by Gasteiger charge is 2.22. The molecule has 98 valence electrons.